The Bertz CT molecular complexity index is 484. The summed E-state index contributed by atoms with van der Waals surface area (Å²) in [7, 11) is 0. The van der Waals surface area contributed by atoms with Crippen molar-refractivity contribution in [2.45, 2.75) is 12.8 Å². The van der Waals surface area contributed by atoms with Crippen LogP contribution in [0.25, 0.3) is 0 Å². The number of imide groups is 1. The fourth-order valence-electron chi connectivity index (χ4n) is 1.41. The van der Waals surface area contributed by atoms with Crippen LogP contribution in [0.15, 0.2) is 24.3 Å². The predicted octanol–water partition coefficient (Wildman–Crippen LogP) is 0.0820. The Morgan fingerprint density at radius 2 is 1.88 bits per heavy atom. The predicted molar refractivity (Wildman–Crippen MR) is 52.6 cm³/mol. The normalized spacial score (nSPS) is 15.2. The average molecular weight is 429 g/mol. The van der Waals surface area contributed by atoms with Crippen LogP contribution in [-0.2, 0) is 14.4 Å². The summed E-state index contributed by atoms with van der Waals surface area (Å²) in [6.07, 6.45) is 0.200. The number of nitrogens with zero attached hydrogens (tertiary/aromatic N) is 1. The van der Waals surface area contributed by atoms with Crippen LogP contribution in [0.4, 0.5) is 0 Å². The summed E-state index contributed by atoms with van der Waals surface area (Å²) in [6, 6.07) is 6.82. The summed E-state index contributed by atoms with van der Waals surface area (Å²) in [5.41, 5.74) is 0.331. The van der Waals surface area contributed by atoms with Gasteiger partial charge in [-0.25, -0.2) is 0 Å². The van der Waals surface area contributed by atoms with Crippen LogP contribution in [0.2, 0.25) is 0 Å². The Kier molecular flexibility index (Phi) is 3.52. The van der Waals surface area contributed by atoms with Crippen LogP contribution in [0.5, 0.6) is 0 Å². The SMILES string of the molecule is O=C(ON1C(=O)CCC1=O)c1cccc([211At])c1. The zero-order valence-electron chi connectivity index (χ0n) is 8.68. The Labute approximate surface area is 113 Å². The maximum atomic E-state index is 11.7. The van der Waals surface area contributed by atoms with E-state index in [0.717, 1.165) is 3.27 Å². The third-order valence-electron chi connectivity index (χ3n) is 2.24. The van der Waals surface area contributed by atoms with Gasteiger partial charge in [-0.1, -0.05) is 0 Å². The minimum absolute atomic E-state index is 0.0999. The molecule has 0 N–H and O–H groups in total. The second kappa shape index (κ2) is 4.92. The van der Waals surface area contributed by atoms with Crippen molar-refractivity contribution < 1.29 is 43.9 Å². The molecule has 17 heavy (non-hydrogen) atoms. The van der Waals surface area contributed by atoms with Crippen LogP contribution in [-0.4, -0.2) is 22.8 Å². The van der Waals surface area contributed by atoms with Crippen molar-refractivity contribution in [3.8, 4) is 0 Å². The van der Waals surface area contributed by atoms with Crippen molar-refractivity contribution in [1.82, 2.24) is 5.06 Å². The molecule has 1 aliphatic heterocycles. The molecule has 0 saturated carbocycles. The van der Waals surface area contributed by atoms with Gasteiger partial charge in [-0.3, -0.25) is 0 Å². The van der Waals surface area contributed by atoms with E-state index in [0.29, 0.717) is 10.6 Å². The molecule has 2 rings (SSSR count). The molecular weight excluding hydrogens is 421 g/mol. The molecule has 1 saturated heterocycles. The van der Waals surface area contributed by atoms with E-state index in [-0.39, 0.29) is 12.8 Å². The summed E-state index contributed by atoms with van der Waals surface area (Å²) in [5, 5.41) is 0.551. The Morgan fingerprint density at radius 3 is 2.47 bits per heavy atom. The van der Waals surface area contributed by atoms with Gasteiger partial charge in [0.15, 0.2) is 0 Å². The van der Waals surface area contributed by atoms with E-state index in [2.05, 4.69) is 0 Å². The molecule has 1 aromatic rings. The first-order valence-electron chi connectivity index (χ1n) is 4.91. The third kappa shape index (κ3) is 2.69. The minimum atomic E-state index is -0.688. The molecule has 0 radical (unpaired) electrons. The molecule has 6 heteroatoms. The van der Waals surface area contributed by atoms with E-state index in [4.69, 9.17) is 4.84 Å². The van der Waals surface area contributed by atoms with Crippen molar-refractivity contribution in [3.05, 3.63) is 29.8 Å². The average Bonchev–Trinajstić information content (AvgIpc) is 2.61. The zero-order chi connectivity index (χ0) is 12.4. The number of hydrogen-bond acceptors (Lipinski definition) is 4. The van der Waals surface area contributed by atoms with Crippen molar-refractivity contribution in [2.24, 2.45) is 0 Å². The molecular formula is C11H8AtNO4. The fourth-order valence-corrected chi connectivity index (χ4v) is 2.15. The van der Waals surface area contributed by atoms with Gasteiger partial charge in [0.1, 0.15) is 0 Å². The summed E-state index contributed by atoms with van der Waals surface area (Å²) >= 11 is 1.43. The van der Waals surface area contributed by atoms with Crippen LogP contribution in [0, 0.1) is 24.7 Å². The van der Waals surface area contributed by atoms with E-state index in [1.54, 1.807) is 18.2 Å². The molecule has 0 atom stereocenters. The fraction of sp³-hybridized carbons (Fsp3) is 0.182. The van der Waals surface area contributed by atoms with Crippen molar-refractivity contribution in [3.63, 3.8) is 0 Å². The van der Waals surface area contributed by atoms with Gasteiger partial charge in [-0.05, 0) is 0 Å². The zero-order valence-corrected chi connectivity index (χ0v) is 11.6. The molecule has 5 nitrogen and oxygen atoms in total. The molecule has 1 aliphatic rings. The first kappa shape index (κ1) is 12.2. The van der Waals surface area contributed by atoms with E-state index < -0.39 is 17.8 Å². The van der Waals surface area contributed by atoms with E-state index in [1.165, 1.54) is 24.7 Å². The summed E-state index contributed by atoms with van der Waals surface area (Å²) in [5.74, 6) is -1.63. The number of amides is 2. The van der Waals surface area contributed by atoms with Crippen LogP contribution >= 0.6 is 0 Å². The molecule has 0 aromatic heterocycles. The van der Waals surface area contributed by atoms with Gasteiger partial charge in [0.2, 0.25) is 0 Å². The molecule has 1 aromatic carbocycles. The number of hydrogen-bond donors (Lipinski definition) is 0. The number of rotatable bonds is 2. The molecule has 1 fully saturated rings. The first-order valence-corrected chi connectivity index (χ1v) is 6.38. The second-order valence-electron chi connectivity index (χ2n) is 3.47. The Hall–Kier alpha value is -1.29. The molecule has 88 valence electrons. The van der Waals surface area contributed by atoms with Gasteiger partial charge in [0, 0.05) is 0 Å². The van der Waals surface area contributed by atoms with Crippen LogP contribution in [0.3, 0.4) is 0 Å². The first-order chi connectivity index (χ1) is 8.08. The van der Waals surface area contributed by atoms with Crippen molar-refractivity contribution in [2.75, 3.05) is 0 Å². The molecule has 2 amide bonds. The summed E-state index contributed by atoms with van der Waals surface area (Å²) in [4.78, 5) is 39.0. The molecule has 0 spiro atoms. The molecule has 1 heterocycles. The molecule has 0 bridgehead atoms. The standard InChI is InChI=1S/C11H8AtNO4/c12-8-3-1-2-7(6-8)11(16)17-13-9(14)4-5-10(13)15/h1-3,6H,4-5H2/i12+1. The third-order valence-corrected chi connectivity index (χ3v) is 3.15. The monoisotopic (exact) mass is 429 g/mol. The van der Waals surface area contributed by atoms with E-state index >= 15 is 0 Å². The Balaban J connectivity index is 2.12. The van der Waals surface area contributed by atoms with Gasteiger partial charge in [-0.15, -0.1) is 0 Å². The van der Waals surface area contributed by atoms with Gasteiger partial charge in [-0.2, -0.15) is 0 Å². The summed E-state index contributed by atoms with van der Waals surface area (Å²) < 4.78 is 0.957. The number of hydroxylamine groups is 2. The second-order valence-corrected chi connectivity index (χ2v) is 5.17. The number of carbonyl (C=O) groups excluding carboxylic acids is 3. The van der Waals surface area contributed by atoms with Gasteiger partial charge in [0.25, 0.3) is 0 Å². The van der Waals surface area contributed by atoms with Gasteiger partial charge >= 0.3 is 113 Å². The van der Waals surface area contributed by atoms with E-state index in [9.17, 15) is 14.4 Å². The van der Waals surface area contributed by atoms with E-state index in [1.807, 2.05) is 6.07 Å². The molecule has 0 unspecified atom stereocenters. The summed E-state index contributed by atoms with van der Waals surface area (Å²) in [6.45, 7) is 0. The topological polar surface area (TPSA) is 63.7 Å². The van der Waals surface area contributed by atoms with Crippen LogP contribution < -0.4 is 3.27 Å². The van der Waals surface area contributed by atoms with Crippen molar-refractivity contribution in [1.29, 1.82) is 0 Å². The van der Waals surface area contributed by atoms with Gasteiger partial charge in [0.05, 0.1) is 0 Å². The Morgan fingerprint density at radius 1 is 1.24 bits per heavy atom. The van der Waals surface area contributed by atoms with Gasteiger partial charge < -0.3 is 0 Å². The van der Waals surface area contributed by atoms with Crippen LogP contribution in [0.1, 0.15) is 23.2 Å². The van der Waals surface area contributed by atoms with Crippen molar-refractivity contribution >= 4 is 21.1 Å². The quantitative estimate of drug-likeness (QED) is 0.626. The maximum absolute atomic E-state index is 11.7. The number of carbonyl (C=O) groups is 3. The number of benzene rings is 1. The molecule has 0 aliphatic carbocycles.